The Labute approximate surface area is 84.5 Å². The van der Waals surface area contributed by atoms with Crippen molar-refractivity contribution in [3.05, 3.63) is 23.9 Å². The molecular weight excluding hydrogens is 178 g/mol. The molecule has 1 aromatic heterocycles. The first kappa shape index (κ1) is 12.6. The molecule has 4 nitrogen and oxygen atoms in total. The van der Waals surface area contributed by atoms with Crippen LogP contribution in [0.25, 0.3) is 0 Å². The normalized spacial score (nSPS) is 10.9. The number of anilines is 1. The SMILES string of the molecule is CC=O.CNc1cc(C(C)N)ccn1. The lowest BCUT2D eigenvalue weighted by atomic mass is 10.1. The van der Waals surface area contributed by atoms with Crippen LogP contribution in [0.1, 0.15) is 25.5 Å². The maximum absolute atomic E-state index is 8.81. The number of rotatable bonds is 2. The van der Waals surface area contributed by atoms with Crippen LogP contribution in [0.15, 0.2) is 18.3 Å². The van der Waals surface area contributed by atoms with Crippen molar-refractivity contribution in [3.8, 4) is 0 Å². The van der Waals surface area contributed by atoms with Crippen LogP contribution in [-0.4, -0.2) is 18.3 Å². The third kappa shape index (κ3) is 4.57. The number of nitrogens with zero attached hydrogens (tertiary/aromatic N) is 1. The average Bonchev–Trinajstić information content (AvgIpc) is 2.19. The predicted molar refractivity (Wildman–Crippen MR) is 58.1 cm³/mol. The van der Waals surface area contributed by atoms with Gasteiger partial charge in [-0.1, -0.05) is 0 Å². The number of carbonyl (C=O) groups excluding carboxylic acids is 1. The first-order valence-corrected chi connectivity index (χ1v) is 4.44. The van der Waals surface area contributed by atoms with E-state index in [2.05, 4.69) is 10.3 Å². The van der Waals surface area contributed by atoms with Crippen molar-refractivity contribution < 1.29 is 4.79 Å². The van der Waals surface area contributed by atoms with Gasteiger partial charge in [-0.3, -0.25) is 0 Å². The summed E-state index contributed by atoms with van der Waals surface area (Å²) in [6.07, 6.45) is 2.50. The molecule has 1 aromatic rings. The van der Waals surface area contributed by atoms with Gasteiger partial charge in [-0.05, 0) is 31.5 Å². The number of pyridine rings is 1. The molecular formula is C10H17N3O. The summed E-state index contributed by atoms with van der Waals surface area (Å²) in [6, 6.07) is 3.95. The highest BCUT2D eigenvalue weighted by Crippen LogP contribution is 2.11. The summed E-state index contributed by atoms with van der Waals surface area (Å²) in [7, 11) is 1.84. The summed E-state index contributed by atoms with van der Waals surface area (Å²) in [5.74, 6) is 0.861. The predicted octanol–water partition coefficient (Wildman–Crippen LogP) is 1.35. The van der Waals surface area contributed by atoms with Gasteiger partial charge in [-0.2, -0.15) is 0 Å². The largest absolute Gasteiger partial charge is 0.373 e. The number of nitrogens with one attached hydrogen (secondary N) is 1. The highest BCUT2D eigenvalue weighted by atomic mass is 16.1. The summed E-state index contributed by atoms with van der Waals surface area (Å²) in [6.45, 7) is 3.40. The zero-order valence-electron chi connectivity index (χ0n) is 8.82. The second kappa shape index (κ2) is 7.03. The van der Waals surface area contributed by atoms with Gasteiger partial charge in [0, 0.05) is 19.3 Å². The fourth-order valence-electron chi connectivity index (χ4n) is 0.867. The molecule has 0 bridgehead atoms. The van der Waals surface area contributed by atoms with E-state index in [0.717, 1.165) is 17.7 Å². The maximum atomic E-state index is 8.81. The van der Waals surface area contributed by atoms with E-state index in [9.17, 15) is 0 Å². The van der Waals surface area contributed by atoms with E-state index in [4.69, 9.17) is 10.5 Å². The van der Waals surface area contributed by atoms with Crippen molar-refractivity contribution in [2.75, 3.05) is 12.4 Å². The minimum absolute atomic E-state index is 0.0742. The monoisotopic (exact) mass is 195 g/mol. The number of hydrogen-bond acceptors (Lipinski definition) is 4. The quantitative estimate of drug-likeness (QED) is 0.699. The fourth-order valence-corrected chi connectivity index (χ4v) is 0.867. The Morgan fingerprint density at radius 3 is 2.64 bits per heavy atom. The molecule has 0 radical (unpaired) electrons. The zero-order chi connectivity index (χ0) is 11.0. The Hall–Kier alpha value is -1.42. The number of hydrogen-bond donors (Lipinski definition) is 2. The van der Waals surface area contributed by atoms with E-state index in [1.165, 1.54) is 6.92 Å². The molecule has 1 atom stereocenters. The van der Waals surface area contributed by atoms with Crippen molar-refractivity contribution in [2.45, 2.75) is 19.9 Å². The molecule has 1 unspecified atom stereocenters. The first-order chi connectivity index (χ1) is 6.65. The second-order valence-electron chi connectivity index (χ2n) is 2.75. The van der Waals surface area contributed by atoms with Gasteiger partial charge in [-0.15, -0.1) is 0 Å². The number of aromatic nitrogens is 1. The molecule has 78 valence electrons. The summed E-state index contributed by atoms with van der Waals surface area (Å²) < 4.78 is 0. The van der Waals surface area contributed by atoms with E-state index < -0.39 is 0 Å². The van der Waals surface area contributed by atoms with E-state index in [1.807, 2.05) is 26.1 Å². The number of carbonyl (C=O) groups is 1. The Balaban J connectivity index is 0.000000500. The van der Waals surface area contributed by atoms with Gasteiger partial charge in [-0.25, -0.2) is 4.98 Å². The highest BCUT2D eigenvalue weighted by molar-refractivity contribution is 5.44. The molecule has 0 aliphatic rings. The average molecular weight is 195 g/mol. The van der Waals surface area contributed by atoms with E-state index in [1.54, 1.807) is 6.20 Å². The Bertz CT molecular complexity index is 274. The zero-order valence-corrected chi connectivity index (χ0v) is 8.82. The van der Waals surface area contributed by atoms with E-state index in [-0.39, 0.29) is 6.04 Å². The van der Waals surface area contributed by atoms with E-state index in [0.29, 0.717) is 0 Å². The van der Waals surface area contributed by atoms with Gasteiger partial charge in [0.25, 0.3) is 0 Å². The summed E-state index contributed by atoms with van der Waals surface area (Å²) in [4.78, 5) is 12.9. The first-order valence-electron chi connectivity index (χ1n) is 4.44. The summed E-state index contributed by atoms with van der Waals surface area (Å²) in [5.41, 5.74) is 6.78. The highest BCUT2D eigenvalue weighted by Gasteiger charge is 1.98. The van der Waals surface area contributed by atoms with Crippen LogP contribution in [0.4, 0.5) is 5.82 Å². The molecule has 14 heavy (non-hydrogen) atoms. The lowest BCUT2D eigenvalue weighted by molar-refractivity contribution is -0.106. The van der Waals surface area contributed by atoms with Crippen molar-refractivity contribution >= 4 is 12.1 Å². The van der Waals surface area contributed by atoms with Gasteiger partial charge < -0.3 is 15.8 Å². The summed E-state index contributed by atoms with van der Waals surface area (Å²) >= 11 is 0. The van der Waals surface area contributed by atoms with Crippen LogP contribution in [0, 0.1) is 0 Å². The Kier molecular flexibility index (Phi) is 6.32. The van der Waals surface area contributed by atoms with Crippen LogP contribution in [0.5, 0.6) is 0 Å². The molecule has 0 amide bonds. The van der Waals surface area contributed by atoms with Crippen molar-refractivity contribution in [1.29, 1.82) is 0 Å². The molecule has 0 spiro atoms. The third-order valence-corrected chi connectivity index (χ3v) is 1.57. The lowest BCUT2D eigenvalue weighted by Crippen LogP contribution is -2.05. The Morgan fingerprint density at radius 1 is 1.64 bits per heavy atom. The molecule has 0 saturated carbocycles. The van der Waals surface area contributed by atoms with Crippen LogP contribution < -0.4 is 11.1 Å². The molecule has 1 rings (SSSR count). The smallest absolute Gasteiger partial charge is 0.125 e. The van der Waals surface area contributed by atoms with Crippen LogP contribution in [0.2, 0.25) is 0 Å². The molecule has 4 heteroatoms. The summed E-state index contributed by atoms with van der Waals surface area (Å²) in [5, 5.41) is 2.96. The van der Waals surface area contributed by atoms with Crippen molar-refractivity contribution in [2.24, 2.45) is 5.73 Å². The van der Waals surface area contributed by atoms with Crippen LogP contribution >= 0.6 is 0 Å². The van der Waals surface area contributed by atoms with Gasteiger partial charge >= 0.3 is 0 Å². The molecule has 3 N–H and O–H groups in total. The van der Waals surface area contributed by atoms with Gasteiger partial charge in [0.15, 0.2) is 0 Å². The molecule has 0 fully saturated rings. The standard InChI is InChI=1S/C8H13N3.C2H4O/c1-6(9)7-3-4-11-8(5-7)10-2;1-2-3/h3-6H,9H2,1-2H3,(H,10,11);2H,1H3. The maximum Gasteiger partial charge on any atom is 0.125 e. The Morgan fingerprint density at radius 2 is 2.21 bits per heavy atom. The molecule has 0 saturated heterocycles. The lowest BCUT2D eigenvalue weighted by Gasteiger charge is -2.06. The minimum atomic E-state index is 0.0742. The third-order valence-electron chi connectivity index (χ3n) is 1.57. The molecule has 0 aliphatic carbocycles. The second-order valence-corrected chi connectivity index (χ2v) is 2.75. The number of aldehydes is 1. The van der Waals surface area contributed by atoms with Crippen LogP contribution in [-0.2, 0) is 4.79 Å². The topological polar surface area (TPSA) is 68.0 Å². The van der Waals surface area contributed by atoms with Gasteiger partial charge in [0.2, 0.25) is 0 Å². The minimum Gasteiger partial charge on any atom is -0.373 e. The van der Waals surface area contributed by atoms with Gasteiger partial charge in [0.05, 0.1) is 0 Å². The van der Waals surface area contributed by atoms with Crippen LogP contribution in [0.3, 0.4) is 0 Å². The van der Waals surface area contributed by atoms with Crippen molar-refractivity contribution in [1.82, 2.24) is 4.98 Å². The molecule has 0 aromatic carbocycles. The number of nitrogens with two attached hydrogens (primary N) is 1. The van der Waals surface area contributed by atoms with Gasteiger partial charge in [0.1, 0.15) is 12.1 Å². The molecule has 1 heterocycles. The van der Waals surface area contributed by atoms with E-state index >= 15 is 0 Å². The molecule has 0 aliphatic heterocycles. The van der Waals surface area contributed by atoms with Crippen molar-refractivity contribution in [3.63, 3.8) is 0 Å². The fraction of sp³-hybridized carbons (Fsp3) is 0.400.